The Hall–Kier alpha value is -1.56. The van der Waals surface area contributed by atoms with Gasteiger partial charge in [0.2, 0.25) is 0 Å². The van der Waals surface area contributed by atoms with Crippen molar-refractivity contribution in [2.24, 2.45) is 0 Å². The second kappa shape index (κ2) is 6.91. The zero-order valence-electron chi connectivity index (χ0n) is 14.4. The van der Waals surface area contributed by atoms with Gasteiger partial charge in [0.05, 0.1) is 0 Å². The molecule has 1 heterocycles. The molecule has 5 nitrogen and oxygen atoms in total. The van der Waals surface area contributed by atoms with Gasteiger partial charge in [-0.05, 0) is 51.0 Å². The molecular weight excluding hydrogens is 310 g/mol. The fourth-order valence-corrected chi connectivity index (χ4v) is 3.06. The summed E-state index contributed by atoms with van der Waals surface area (Å²) < 4.78 is 5.44. The normalized spacial score (nSPS) is 15.7. The maximum atomic E-state index is 12.1. The van der Waals surface area contributed by atoms with Crippen molar-refractivity contribution in [3.63, 3.8) is 0 Å². The first-order valence-electron chi connectivity index (χ1n) is 7.94. The molecule has 0 aliphatic carbocycles. The lowest BCUT2D eigenvalue weighted by Crippen LogP contribution is -2.50. The van der Waals surface area contributed by atoms with Gasteiger partial charge in [-0.25, -0.2) is 4.79 Å². The van der Waals surface area contributed by atoms with Gasteiger partial charge in [0.1, 0.15) is 5.60 Å². The SMILES string of the molecule is Cc1c(CS)cc(N)cc1N1CCN(C(=O)OC(C)(C)C)CC1. The monoisotopic (exact) mass is 337 g/mol. The van der Waals surface area contributed by atoms with Crippen LogP contribution in [0.2, 0.25) is 0 Å². The standard InChI is InChI=1S/C17H27N3O2S/c1-12-13(11-23)9-14(18)10-15(12)19-5-7-20(8-6-19)16(21)22-17(2,3)4/h9-10,23H,5-8,11,18H2,1-4H3. The smallest absolute Gasteiger partial charge is 0.410 e. The number of nitrogen functional groups attached to an aromatic ring is 1. The summed E-state index contributed by atoms with van der Waals surface area (Å²) in [6.45, 7) is 10.6. The molecule has 1 saturated heterocycles. The van der Waals surface area contributed by atoms with Crippen LogP contribution in [0.5, 0.6) is 0 Å². The molecule has 2 rings (SSSR count). The Labute approximate surface area is 144 Å². The Morgan fingerprint density at radius 1 is 1.26 bits per heavy atom. The Morgan fingerprint density at radius 3 is 2.39 bits per heavy atom. The van der Waals surface area contributed by atoms with E-state index >= 15 is 0 Å². The van der Waals surface area contributed by atoms with Gasteiger partial charge in [0, 0.05) is 43.3 Å². The summed E-state index contributed by atoms with van der Waals surface area (Å²) in [6, 6.07) is 3.98. The number of nitrogens with zero attached hydrogens (tertiary/aromatic N) is 2. The molecule has 0 bridgehead atoms. The molecule has 0 radical (unpaired) electrons. The van der Waals surface area contributed by atoms with Crippen molar-refractivity contribution in [3.8, 4) is 0 Å². The fourth-order valence-electron chi connectivity index (χ4n) is 2.73. The van der Waals surface area contributed by atoms with E-state index in [0.29, 0.717) is 18.8 Å². The van der Waals surface area contributed by atoms with Crippen LogP contribution >= 0.6 is 12.6 Å². The largest absolute Gasteiger partial charge is 0.444 e. The van der Waals surface area contributed by atoms with Crippen LogP contribution in [0.1, 0.15) is 31.9 Å². The highest BCUT2D eigenvalue weighted by molar-refractivity contribution is 7.79. The highest BCUT2D eigenvalue weighted by Crippen LogP contribution is 2.28. The van der Waals surface area contributed by atoms with Crippen LogP contribution < -0.4 is 10.6 Å². The number of nitrogens with two attached hydrogens (primary N) is 1. The minimum atomic E-state index is -0.458. The molecule has 0 aromatic heterocycles. The number of rotatable bonds is 2. The van der Waals surface area contributed by atoms with Crippen LogP contribution in [0, 0.1) is 6.92 Å². The lowest BCUT2D eigenvalue weighted by atomic mass is 10.1. The van der Waals surface area contributed by atoms with Crippen LogP contribution in [0.3, 0.4) is 0 Å². The van der Waals surface area contributed by atoms with Crippen molar-refractivity contribution >= 4 is 30.1 Å². The number of ether oxygens (including phenoxy) is 1. The van der Waals surface area contributed by atoms with Gasteiger partial charge in [0.15, 0.2) is 0 Å². The van der Waals surface area contributed by atoms with Crippen molar-refractivity contribution < 1.29 is 9.53 Å². The molecule has 23 heavy (non-hydrogen) atoms. The predicted octanol–water partition coefficient (Wildman–Crippen LogP) is 3.06. The maximum Gasteiger partial charge on any atom is 0.410 e. The average molecular weight is 337 g/mol. The molecule has 1 aliphatic rings. The number of anilines is 2. The highest BCUT2D eigenvalue weighted by atomic mass is 32.1. The van der Waals surface area contributed by atoms with E-state index in [0.717, 1.165) is 30.0 Å². The van der Waals surface area contributed by atoms with Crippen LogP contribution in [0.15, 0.2) is 12.1 Å². The number of carbonyl (C=O) groups excluding carboxylic acids is 1. The van der Waals surface area contributed by atoms with Crippen molar-refractivity contribution in [2.75, 3.05) is 36.8 Å². The summed E-state index contributed by atoms with van der Waals surface area (Å²) in [5.74, 6) is 0.668. The van der Waals surface area contributed by atoms with Crippen molar-refractivity contribution in [1.82, 2.24) is 4.90 Å². The number of thiol groups is 1. The molecule has 1 fully saturated rings. The van der Waals surface area contributed by atoms with Gasteiger partial charge in [-0.1, -0.05) is 0 Å². The van der Waals surface area contributed by atoms with E-state index in [4.69, 9.17) is 10.5 Å². The summed E-state index contributed by atoms with van der Waals surface area (Å²) in [4.78, 5) is 16.2. The van der Waals surface area contributed by atoms with E-state index in [1.54, 1.807) is 4.90 Å². The molecule has 128 valence electrons. The molecule has 0 atom stereocenters. The van der Waals surface area contributed by atoms with Gasteiger partial charge in [-0.3, -0.25) is 0 Å². The first kappa shape index (κ1) is 17.8. The van der Waals surface area contributed by atoms with Crippen LogP contribution in [-0.4, -0.2) is 42.8 Å². The number of carbonyl (C=O) groups is 1. The number of piperazine rings is 1. The minimum Gasteiger partial charge on any atom is -0.444 e. The van der Waals surface area contributed by atoms with Gasteiger partial charge in [-0.2, -0.15) is 12.6 Å². The summed E-state index contributed by atoms with van der Waals surface area (Å²) in [7, 11) is 0. The third kappa shape index (κ3) is 4.47. The summed E-state index contributed by atoms with van der Waals surface area (Å²) in [5.41, 5.74) is 9.80. The predicted molar refractivity (Wildman–Crippen MR) is 98.3 cm³/mol. The zero-order valence-corrected chi connectivity index (χ0v) is 15.3. The molecule has 1 amide bonds. The second-order valence-electron chi connectivity index (χ2n) is 6.94. The average Bonchev–Trinajstić information content (AvgIpc) is 2.47. The lowest BCUT2D eigenvalue weighted by Gasteiger charge is -2.37. The van der Waals surface area contributed by atoms with Crippen LogP contribution in [-0.2, 0) is 10.5 Å². The maximum absolute atomic E-state index is 12.1. The van der Waals surface area contributed by atoms with E-state index in [2.05, 4.69) is 24.5 Å². The quantitative estimate of drug-likeness (QED) is 0.643. The molecule has 0 spiro atoms. The first-order chi connectivity index (χ1) is 10.7. The van der Waals surface area contributed by atoms with Gasteiger partial charge >= 0.3 is 6.09 Å². The zero-order chi connectivity index (χ0) is 17.2. The topological polar surface area (TPSA) is 58.8 Å². The van der Waals surface area contributed by atoms with Crippen molar-refractivity contribution in [2.45, 2.75) is 39.0 Å². The van der Waals surface area contributed by atoms with Gasteiger partial charge < -0.3 is 20.3 Å². The molecule has 1 aromatic carbocycles. The third-order valence-electron chi connectivity index (χ3n) is 3.95. The fraction of sp³-hybridized carbons (Fsp3) is 0.588. The molecule has 0 saturated carbocycles. The van der Waals surface area contributed by atoms with E-state index in [1.165, 1.54) is 5.56 Å². The van der Waals surface area contributed by atoms with Crippen LogP contribution in [0.4, 0.5) is 16.2 Å². The van der Waals surface area contributed by atoms with E-state index in [1.807, 2.05) is 32.9 Å². The number of benzene rings is 1. The molecule has 2 N–H and O–H groups in total. The number of amides is 1. The van der Waals surface area contributed by atoms with E-state index in [9.17, 15) is 4.79 Å². The molecule has 1 aromatic rings. The first-order valence-corrected chi connectivity index (χ1v) is 8.57. The van der Waals surface area contributed by atoms with Crippen molar-refractivity contribution in [1.29, 1.82) is 0 Å². The minimum absolute atomic E-state index is 0.238. The summed E-state index contributed by atoms with van der Waals surface area (Å²) in [5, 5.41) is 0. The van der Waals surface area contributed by atoms with Gasteiger partial charge in [-0.15, -0.1) is 0 Å². The Bertz CT molecular complexity index is 576. The Balaban J connectivity index is 2.05. The summed E-state index contributed by atoms with van der Waals surface area (Å²) in [6.07, 6.45) is -0.238. The van der Waals surface area contributed by atoms with Crippen LogP contribution in [0.25, 0.3) is 0 Å². The van der Waals surface area contributed by atoms with Crippen molar-refractivity contribution in [3.05, 3.63) is 23.3 Å². The molecule has 1 aliphatic heterocycles. The molecule has 0 unspecified atom stereocenters. The molecule has 6 heteroatoms. The summed E-state index contributed by atoms with van der Waals surface area (Å²) >= 11 is 4.38. The molecular formula is C17H27N3O2S. The Kier molecular flexibility index (Phi) is 5.34. The number of hydrogen-bond acceptors (Lipinski definition) is 5. The van der Waals surface area contributed by atoms with Gasteiger partial charge in [0.25, 0.3) is 0 Å². The van der Waals surface area contributed by atoms with E-state index in [-0.39, 0.29) is 6.09 Å². The Morgan fingerprint density at radius 2 is 1.87 bits per heavy atom. The lowest BCUT2D eigenvalue weighted by molar-refractivity contribution is 0.0240. The second-order valence-corrected chi connectivity index (χ2v) is 7.25. The highest BCUT2D eigenvalue weighted by Gasteiger charge is 2.26. The van der Waals surface area contributed by atoms with E-state index < -0.39 is 5.60 Å². The number of hydrogen-bond donors (Lipinski definition) is 2. The third-order valence-corrected chi connectivity index (χ3v) is 4.29.